The molecule has 2 aromatic heterocycles. The molecule has 0 radical (unpaired) electrons. The van der Waals surface area contributed by atoms with Crippen molar-refractivity contribution >= 4 is 38.2 Å². The monoisotopic (exact) mass is 430 g/mol. The first kappa shape index (κ1) is 19.9. The standard InChI is InChI=1S/C26H23FN2OS/c27-19-11-12-22-20(15-19)24-21(16-29-22)23(18-9-5-2-6-10-18)25(31-24)26(30)28-14-13-17-7-3-1-4-8-17/h2,5-7,9-12,15-16H,1,3-4,8,13-14H2,(H,28,30). The zero-order chi connectivity index (χ0) is 21.2. The molecule has 3 nitrogen and oxygen atoms in total. The number of hydrogen-bond acceptors (Lipinski definition) is 3. The Hall–Kier alpha value is -3.05. The third-order valence-electron chi connectivity index (χ3n) is 5.87. The minimum absolute atomic E-state index is 0.0824. The van der Waals surface area contributed by atoms with Crippen molar-refractivity contribution in [1.29, 1.82) is 0 Å². The van der Waals surface area contributed by atoms with E-state index in [1.54, 1.807) is 12.3 Å². The largest absolute Gasteiger partial charge is 0.351 e. The van der Waals surface area contributed by atoms with Gasteiger partial charge in [-0.25, -0.2) is 4.39 Å². The number of carbonyl (C=O) groups excluding carboxylic acids is 1. The van der Waals surface area contributed by atoms with Gasteiger partial charge in [0, 0.05) is 33.8 Å². The summed E-state index contributed by atoms with van der Waals surface area (Å²) in [4.78, 5) is 18.4. The molecule has 5 rings (SSSR count). The molecule has 1 amide bonds. The lowest BCUT2D eigenvalue weighted by Gasteiger charge is -2.13. The molecule has 0 aliphatic heterocycles. The first-order chi connectivity index (χ1) is 15.2. The van der Waals surface area contributed by atoms with Gasteiger partial charge in [-0.15, -0.1) is 11.3 Å². The lowest BCUT2D eigenvalue weighted by Crippen LogP contribution is -2.24. The summed E-state index contributed by atoms with van der Waals surface area (Å²) in [6.07, 6.45) is 9.80. The van der Waals surface area contributed by atoms with E-state index >= 15 is 0 Å². The zero-order valence-corrected chi connectivity index (χ0v) is 18.0. The van der Waals surface area contributed by atoms with Crippen LogP contribution in [0.2, 0.25) is 0 Å². The minimum atomic E-state index is -0.303. The number of fused-ring (bicyclic) bond motifs is 3. The predicted octanol–water partition coefficient (Wildman–Crippen LogP) is 6.88. The Bertz CT molecular complexity index is 1290. The summed E-state index contributed by atoms with van der Waals surface area (Å²) in [6, 6.07) is 14.5. The van der Waals surface area contributed by atoms with Gasteiger partial charge < -0.3 is 5.32 Å². The molecule has 0 atom stereocenters. The molecular formula is C26H23FN2OS. The fraction of sp³-hybridized carbons (Fsp3) is 0.231. The minimum Gasteiger partial charge on any atom is -0.351 e. The van der Waals surface area contributed by atoms with Crippen molar-refractivity contribution in [3.63, 3.8) is 0 Å². The van der Waals surface area contributed by atoms with Gasteiger partial charge in [0.05, 0.1) is 5.52 Å². The van der Waals surface area contributed by atoms with Crippen molar-refractivity contribution in [1.82, 2.24) is 10.3 Å². The number of halogens is 1. The molecule has 0 saturated carbocycles. The van der Waals surface area contributed by atoms with E-state index in [1.807, 2.05) is 30.3 Å². The second kappa shape index (κ2) is 8.60. The number of aromatic nitrogens is 1. The van der Waals surface area contributed by atoms with E-state index in [4.69, 9.17) is 0 Å². The summed E-state index contributed by atoms with van der Waals surface area (Å²) in [6.45, 7) is 0.626. The normalized spacial score (nSPS) is 14.0. The van der Waals surface area contributed by atoms with Crippen molar-refractivity contribution in [2.24, 2.45) is 0 Å². The Morgan fingerprint density at radius 3 is 2.77 bits per heavy atom. The van der Waals surface area contributed by atoms with Crippen LogP contribution < -0.4 is 5.32 Å². The molecule has 0 saturated heterocycles. The van der Waals surface area contributed by atoms with Crippen molar-refractivity contribution in [2.75, 3.05) is 6.54 Å². The van der Waals surface area contributed by atoms with E-state index in [0.29, 0.717) is 11.4 Å². The van der Waals surface area contributed by atoms with Crippen molar-refractivity contribution in [2.45, 2.75) is 32.1 Å². The van der Waals surface area contributed by atoms with Gasteiger partial charge in [0.25, 0.3) is 5.91 Å². The molecule has 2 heterocycles. The molecule has 156 valence electrons. The highest BCUT2D eigenvalue weighted by molar-refractivity contribution is 7.22. The van der Waals surface area contributed by atoms with E-state index in [-0.39, 0.29) is 11.7 Å². The highest BCUT2D eigenvalue weighted by atomic mass is 32.1. The third-order valence-corrected chi connectivity index (χ3v) is 7.10. The number of hydrogen-bond donors (Lipinski definition) is 1. The van der Waals surface area contributed by atoms with Gasteiger partial charge in [-0.05, 0) is 55.9 Å². The zero-order valence-electron chi connectivity index (χ0n) is 17.2. The van der Waals surface area contributed by atoms with Crippen LogP contribution in [-0.2, 0) is 0 Å². The Morgan fingerprint density at radius 1 is 1.10 bits per heavy atom. The smallest absolute Gasteiger partial charge is 0.262 e. The van der Waals surface area contributed by atoms with Crippen LogP contribution in [-0.4, -0.2) is 17.4 Å². The number of thiophene rings is 1. The summed E-state index contributed by atoms with van der Waals surface area (Å²) < 4.78 is 14.9. The maximum atomic E-state index is 14.0. The molecule has 1 N–H and O–H groups in total. The lowest BCUT2D eigenvalue weighted by molar-refractivity contribution is 0.0958. The molecule has 0 fully saturated rings. The summed E-state index contributed by atoms with van der Waals surface area (Å²) in [7, 11) is 0. The number of nitrogens with one attached hydrogen (secondary N) is 1. The second-order valence-electron chi connectivity index (χ2n) is 7.95. The second-order valence-corrected chi connectivity index (χ2v) is 8.97. The molecule has 5 heteroatoms. The van der Waals surface area contributed by atoms with Gasteiger partial charge in [0.15, 0.2) is 0 Å². The van der Waals surface area contributed by atoms with Crippen LogP contribution in [0.4, 0.5) is 4.39 Å². The fourth-order valence-corrected chi connectivity index (χ4v) is 5.54. The Kier molecular flexibility index (Phi) is 5.51. The van der Waals surface area contributed by atoms with E-state index in [9.17, 15) is 9.18 Å². The number of carbonyl (C=O) groups is 1. The van der Waals surface area contributed by atoms with Crippen LogP contribution in [0.3, 0.4) is 0 Å². The first-order valence-electron chi connectivity index (χ1n) is 10.7. The molecule has 0 unspecified atom stereocenters. The Balaban J connectivity index is 1.55. The topological polar surface area (TPSA) is 42.0 Å². The van der Waals surface area contributed by atoms with E-state index in [0.717, 1.165) is 51.4 Å². The molecule has 1 aliphatic rings. The van der Waals surface area contributed by atoms with Gasteiger partial charge in [0.1, 0.15) is 10.7 Å². The summed E-state index contributed by atoms with van der Waals surface area (Å²) in [5.74, 6) is -0.385. The van der Waals surface area contributed by atoms with Crippen molar-refractivity contribution < 1.29 is 9.18 Å². The molecule has 2 aromatic carbocycles. The number of nitrogens with zero attached hydrogens (tertiary/aromatic N) is 1. The number of pyridine rings is 1. The first-order valence-corrected chi connectivity index (χ1v) is 11.5. The van der Waals surface area contributed by atoms with Gasteiger partial charge >= 0.3 is 0 Å². The maximum Gasteiger partial charge on any atom is 0.262 e. The average Bonchev–Trinajstić information content (AvgIpc) is 3.20. The molecule has 0 bridgehead atoms. The van der Waals surface area contributed by atoms with Crippen molar-refractivity contribution in [3.8, 4) is 11.1 Å². The molecular weight excluding hydrogens is 407 g/mol. The molecule has 1 aliphatic carbocycles. The number of allylic oxidation sites excluding steroid dienone is 1. The highest BCUT2D eigenvalue weighted by Crippen LogP contribution is 2.41. The van der Waals surface area contributed by atoms with Gasteiger partial charge in [-0.1, -0.05) is 42.0 Å². The molecule has 31 heavy (non-hydrogen) atoms. The highest BCUT2D eigenvalue weighted by Gasteiger charge is 2.21. The Labute approximate surface area is 184 Å². The van der Waals surface area contributed by atoms with Gasteiger partial charge in [0.2, 0.25) is 0 Å². The van der Waals surface area contributed by atoms with Crippen LogP contribution in [0.25, 0.3) is 32.1 Å². The van der Waals surface area contributed by atoms with Crippen LogP contribution >= 0.6 is 11.3 Å². The number of benzene rings is 2. The summed E-state index contributed by atoms with van der Waals surface area (Å²) >= 11 is 1.42. The third kappa shape index (κ3) is 3.98. The fourth-order valence-electron chi connectivity index (χ4n) is 4.30. The molecule has 4 aromatic rings. The summed E-state index contributed by atoms with van der Waals surface area (Å²) in [5.41, 5.74) is 4.00. The van der Waals surface area contributed by atoms with Crippen molar-refractivity contribution in [3.05, 3.63) is 77.1 Å². The van der Waals surface area contributed by atoms with Crippen LogP contribution in [0.15, 0.2) is 66.4 Å². The average molecular weight is 431 g/mol. The van der Waals surface area contributed by atoms with Gasteiger partial charge in [-0.3, -0.25) is 9.78 Å². The lowest BCUT2D eigenvalue weighted by atomic mass is 9.97. The summed E-state index contributed by atoms with van der Waals surface area (Å²) in [5, 5.41) is 4.74. The van der Waals surface area contributed by atoms with Crippen LogP contribution in [0, 0.1) is 5.82 Å². The van der Waals surface area contributed by atoms with Gasteiger partial charge in [-0.2, -0.15) is 0 Å². The van der Waals surface area contributed by atoms with Crippen LogP contribution in [0.1, 0.15) is 41.8 Å². The Morgan fingerprint density at radius 2 is 1.97 bits per heavy atom. The SMILES string of the molecule is O=C(NCCC1=CCCCC1)c1sc2c(cnc3ccc(F)cc32)c1-c1ccccc1. The quantitative estimate of drug-likeness (QED) is 0.351. The van der Waals surface area contributed by atoms with E-state index in [1.165, 1.54) is 41.9 Å². The van der Waals surface area contributed by atoms with E-state index in [2.05, 4.69) is 16.4 Å². The maximum absolute atomic E-state index is 14.0. The number of amides is 1. The van der Waals surface area contributed by atoms with Crippen LogP contribution in [0.5, 0.6) is 0 Å². The van der Waals surface area contributed by atoms with E-state index < -0.39 is 0 Å². The number of rotatable bonds is 5. The predicted molar refractivity (Wildman–Crippen MR) is 126 cm³/mol. The molecule has 0 spiro atoms.